The molecular formula is C18H25NO3. The smallest absolute Gasteiger partial charge is 0.338 e. The second-order valence-electron chi connectivity index (χ2n) is 6.39. The van der Waals surface area contributed by atoms with Gasteiger partial charge in [0.15, 0.2) is 6.61 Å². The summed E-state index contributed by atoms with van der Waals surface area (Å²) in [6.45, 7) is 6.09. The van der Waals surface area contributed by atoms with E-state index in [1.165, 1.54) is 6.42 Å². The van der Waals surface area contributed by atoms with Crippen LogP contribution in [-0.4, -0.2) is 24.5 Å². The summed E-state index contributed by atoms with van der Waals surface area (Å²) in [6, 6.07) is 7.35. The van der Waals surface area contributed by atoms with E-state index < -0.39 is 5.97 Å². The number of aryl methyl sites for hydroxylation is 1. The molecule has 1 N–H and O–H groups in total. The first kappa shape index (κ1) is 16.5. The lowest BCUT2D eigenvalue weighted by molar-refractivity contribution is -0.125. The molecule has 0 heterocycles. The van der Waals surface area contributed by atoms with E-state index in [0.29, 0.717) is 17.4 Å². The quantitative estimate of drug-likeness (QED) is 0.870. The molecule has 1 aliphatic carbocycles. The second kappa shape index (κ2) is 7.43. The Morgan fingerprint density at radius 3 is 2.77 bits per heavy atom. The molecule has 22 heavy (non-hydrogen) atoms. The normalized spacial score (nSPS) is 24.6. The molecule has 1 fully saturated rings. The zero-order chi connectivity index (χ0) is 16.1. The van der Waals surface area contributed by atoms with Gasteiger partial charge >= 0.3 is 5.97 Å². The van der Waals surface area contributed by atoms with Crippen LogP contribution in [0.25, 0.3) is 0 Å². The highest BCUT2D eigenvalue weighted by Crippen LogP contribution is 2.29. The molecule has 120 valence electrons. The number of carbonyl (C=O) groups is 2. The standard InChI is InChI=1S/C18H25NO3/c1-12-6-4-8-15(10-12)18(21)22-11-17(20)19-16-9-5-7-13(2)14(16)3/h4,6,8,10,13-14,16H,5,7,9,11H2,1-3H3,(H,19,20)/t13-,14-,16-/m1/s1. The first-order valence-electron chi connectivity index (χ1n) is 8.00. The summed E-state index contributed by atoms with van der Waals surface area (Å²) in [5.74, 6) is 0.412. The van der Waals surface area contributed by atoms with Gasteiger partial charge in [0, 0.05) is 6.04 Å². The van der Waals surface area contributed by atoms with Gasteiger partial charge in [0.25, 0.3) is 5.91 Å². The van der Waals surface area contributed by atoms with Crippen molar-refractivity contribution < 1.29 is 14.3 Å². The minimum absolute atomic E-state index is 0.189. The van der Waals surface area contributed by atoms with Crippen LogP contribution in [0.5, 0.6) is 0 Å². The molecule has 4 heteroatoms. The Labute approximate surface area is 132 Å². The number of benzene rings is 1. The Morgan fingerprint density at radius 1 is 1.27 bits per heavy atom. The number of esters is 1. The zero-order valence-electron chi connectivity index (χ0n) is 13.6. The summed E-state index contributed by atoms with van der Waals surface area (Å²) in [5.41, 5.74) is 1.47. The van der Waals surface area contributed by atoms with Crippen molar-refractivity contribution in [2.45, 2.75) is 46.1 Å². The fourth-order valence-electron chi connectivity index (χ4n) is 3.02. The van der Waals surface area contributed by atoms with Crippen molar-refractivity contribution >= 4 is 11.9 Å². The predicted octanol–water partition coefficient (Wildman–Crippen LogP) is 3.09. The number of nitrogens with one attached hydrogen (secondary N) is 1. The van der Waals surface area contributed by atoms with Crippen LogP contribution in [0.3, 0.4) is 0 Å². The van der Waals surface area contributed by atoms with Crippen molar-refractivity contribution in [2.75, 3.05) is 6.61 Å². The molecule has 2 rings (SSSR count). The van der Waals surface area contributed by atoms with E-state index in [1.807, 2.05) is 13.0 Å². The molecule has 0 saturated heterocycles. The predicted molar refractivity (Wildman–Crippen MR) is 85.6 cm³/mol. The molecule has 0 aromatic heterocycles. The van der Waals surface area contributed by atoms with Gasteiger partial charge in [-0.2, -0.15) is 0 Å². The molecule has 1 aromatic carbocycles. The van der Waals surface area contributed by atoms with E-state index in [1.54, 1.807) is 18.2 Å². The van der Waals surface area contributed by atoms with Crippen molar-refractivity contribution in [3.8, 4) is 0 Å². The van der Waals surface area contributed by atoms with E-state index >= 15 is 0 Å². The van der Waals surface area contributed by atoms with Gasteiger partial charge in [0.05, 0.1) is 5.56 Å². The molecule has 1 saturated carbocycles. The van der Waals surface area contributed by atoms with Gasteiger partial charge in [-0.05, 0) is 37.3 Å². The van der Waals surface area contributed by atoms with Crippen molar-refractivity contribution in [3.63, 3.8) is 0 Å². The highest BCUT2D eigenvalue weighted by Gasteiger charge is 2.28. The van der Waals surface area contributed by atoms with Crippen LogP contribution in [0, 0.1) is 18.8 Å². The molecule has 3 atom stereocenters. The molecule has 0 aliphatic heterocycles. The molecule has 1 aromatic rings. The average Bonchev–Trinajstić information content (AvgIpc) is 2.49. The van der Waals surface area contributed by atoms with Crippen LogP contribution >= 0.6 is 0 Å². The largest absolute Gasteiger partial charge is 0.452 e. The Morgan fingerprint density at radius 2 is 2.05 bits per heavy atom. The maximum absolute atomic E-state index is 12.0. The summed E-state index contributed by atoms with van der Waals surface area (Å²) in [6.07, 6.45) is 3.36. The Kier molecular flexibility index (Phi) is 5.58. The maximum Gasteiger partial charge on any atom is 0.338 e. The molecule has 0 spiro atoms. The molecule has 0 unspecified atom stereocenters. The summed E-state index contributed by atoms with van der Waals surface area (Å²) in [5, 5.41) is 3.00. The number of hydrogen-bond donors (Lipinski definition) is 1. The van der Waals surface area contributed by atoms with Crippen LogP contribution in [0.4, 0.5) is 0 Å². The Bertz CT molecular complexity index is 541. The molecule has 1 aliphatic rings. The van der Waals surface area contributed by atoms with Gasteiger partial charge < -0.3 is 10.1 Å². The highest BCUT2D eigenvalue weighted by atomic mass is 16.5. The topological polar surface area (TPSA) is 55.4 Å². The van der Waals surface area contributed by atoms with Gasteiger partial charge in [-0.15, -0.1) is 0 Å². The number of rotatable bonds is 4. The molecule has 4 nitrogen and oxygen atoms in total. The lowest BCUT2D eigenvalue weighted by Gasteiger charge is -2.34. The fourth-order valence-corrected chi connectivity index (χ4v) is 3.02. The van der Waals surface area contributed by atoms with Crippen molar-refractivity contribution in [1.29, 1.82) is 0 Å². The summed E-state index contributed by atoms with van der Waals surface area (Å²) < 4.78 is 5.10. The maximum atomic E-state index is 12.0. The van der Waals surface area contributed by atoms with Gasteiger partial charge in [0.2, 0.25) is 0 Å². The van der Waals surface area contributed by atoms with Crippen molar-refractivity contribution in [3.05, 3.63) is 35.4 Å². The van der Waals surface area contributed by atoms with Crippen molar-refractivity contribution in [2.24, 2.45) is 11.8 Å². The Hall–Kier alpha value is -1.84. The summed E-state index contributed by atoms with van der Waals surface area (Å²) in [7, 11) is 0. The molecule has 0 bridgehead atoms. The summed E-state index contributed by atoms with van der Waals surface area (Å²) >= 11 is 0. The van der Waals surface area contributed by atoms with Crippen molar-refractivity contribution in [1.82, 2.24) is 5.32 Å². The zero-order valence-corrected chi connectivity index (χ0v) is 13.6. The minimum Gasteiger partial charge on any atom is -0.452 e. The average molecular weight is 303 g/mol. The molecular weight excluding hydrogens is 278 g/mol. The van der Waals surface area contributed by atoms with Gasteiger partial charge in [-0.1, -0.05) is 44.4 Å². The van der Waals surface area contributed by atoms with Crippen LogP contribution in [-0.2, 0) is 9.53 Å². The number of amides is 1. The Balaban J connectivity index is 1.81. The highest BCUT2D eigenvalue weighted by molar-refractivity contribution is 5.91. The third-order valence-electron chi connectivity index (χ3n) is 4.64. The first-order valence-corrected chi connectivity index (χ1v) is 8.00. The van der Waals surface area contributed by atoms with Crippen LogP contribution < -0.4 is 5.32 Å². The number of carbonyl (C=O) groups excluding carboxylic acids is 2. The molecule has 1 amide bonds. The fraction of sp³-hybridized carbons (Fsp3) is 0.556. The summed E-state index contributed by atoms with van der Waals surface area (Å²) in [4.78, 5) is 23.9. The minimum atomic E-state index is -0.455. The lowest BCUT2D eigenvalue weighted by atomic mass is 9.78. The van der Waals surface area contributed by atoms with E-state index in [-0.39, 0.29) is 18.6 Å². The van der Waals surface area contributed by atoms with E-state index in [4.69, 9.17) is 4.74 Å². The lowest BCUT2D eigenvalue weighted by Crippen LogP contribution is -2.45. The van der Waals surface area contributed by atoms with Gasteiger partial charge in [-0.25, -0.2) is 4.79 Å². The number of hydrogen-bond acceptors (Lipinski definition) is 3. The van der Waals surface area contributed by atoms with E-state index in [9.17, 15) is 9.59 Å². The third kappa shape index (κ3) is 4.33. The second-order valence-corrected chi connectivity index (χ2v) is 6.39. The van der Waals surface area contributed by atoms with Crippen LogP contribution in [0.15, 0.2) is 24.3 Å². The van der Waals surface area contributed by atoms with Gasteiger partial charge in [-0.3, -0.25) is 4.79 Å². The number of ether oxygens (including phenoxy) is 1. The van der Waals surface area contributed by atoms with Crippen LogP contribution in [0.2, 0.25) is 0 Å². The van der Waals surface area contributed by atoms with E-state index in [2.05, 4.69) is 19.2 Å². The van der Waals surface area contributed by atoms with Gasteiger partial charge in [0.1, 0.15) is 0 Å². The first-order chi connectivity index (χ1) is 10.5. The van der Waals surface area contributed by atoms with E-state index in [0.717, 1.165) is 18.4 Å². The third-order valence-corrected chi connectivity index (χ3v) is 4.64. The monoisotopic (exact) mass is 303 g/mol. The molecule has 0 radical (unpaired) electrons. The SMILES string of the molecule is Cc1cccc(C(=O)OCC(=O)N[C@@H]2CCC[C@@H](C)[C@H]2C)c1. The van der Waals surface area contributed by atoms with Crippen LogP contribution in [0.1, 0.15) is 49.0 Å².